The van der Waals surface area contributed by atoms with Crippen molar-refractivity contribution < 1.29 is 28.9 Å². The van der Waals surface area contributed by atoms with E-state index in [1.54, 1.807) is 35.6 Å². The number of thiophene rings is 2. The zero-order valence-electron chi connectivity index (χ0n) is 17.7. The minimum absolute atomic E-state index is 0.0527. The molecule has 6 nitrogen and oxygen atoms in total. The topological polar surface area (TPSA) is 82.1 Å². The fourth-order valence-corrected chi connectivity index (χ4v) is 5.67. The smallest absolute Gasteiger partial charge is 0.338 e. The minimum atomic E-state index is -1.11. The molecule has 0 radical (unpaired) electrons. The third kappa shape index (κ3) is 3.57. The average Bonchev–Trinajstić information content (AvgIpc) is 3.54. The van der Waals surface area contributed by atoms with Gasteiger partial charge in [0.15, 0.2) is 0 Å². The van der Waals surface area contributed by atoms with Crippen LogP contribution in [0.3, 0.4) is 0 Å². The minimum Gasteiger partial charge on any atom is -0.496 e. The van der Waals surface area contributed by atoms with Crippen LogP contribution in [0.25, 0.3) is 32.0 Å². The van der Waals surface area contributed by atoms with E-state index in [0.717, 1.165) is 20.9 Å². The Balaban J connectivity index is 1.79. The number of fused-ring (bicyclic) bond motifs is 3. The molecule has 8 heteroatoms. The van der Waals surface area contributed by atoms with E-state index in [1.807, 2.05) is 29.0 Å². The van der Waals surface area contributed by atoms with Gasteiger partial charge in [-0.25, -0.2) is 9.59 Å². The standard InChI is InChI=1S/C25H18O6S2/c1-29-20-10-14(16(24(26)27)8-18(20)22-4-3-6-32-22)15-11-21-19(9-17(15)25(28)30-2)23-13(12-31-21)5-7-33-23/h3-11H,12H2,1-2H3,(H,26,27). The molecule has 5 rings (SSSR count). The van der Waals surface area contributed by atoms with Gasteiger partial charge < -0.3 is 19.3 Å². The lowest BCUT2D eigenvalue weighted by Gasteiger charge is -2.21. The Morgan fingerprint density at radius 3 is 2.42 bits per heavy atom. The second kappa shape index (κ2) is 8.38. The highest BCUT2D eigenvalue weighted by molar-refractivity contribution is 7.14. The van der Waals surface area contributed by atoms with Gasteiger partial charge in [0.1, 0.15) is 18.1 Å². The molecule has 3 heterocycles. The van der Waals surface area contributed by atoms with Crippen LogP contribution in [-0.2, 0) is 11.3 Å². The fourth-order valence-electron chi connectivity index (χ4n) is 3.99. The summed E-state index contributed by atoms with van der Waals surface area (Å²) in [5, 5.41) is 13.9. The second-order valence-electron chi connectivity index (χ2n) is 7.33. The quantitative estimate of drug-likeness (QED) is 0.344. The Bertz CT molecular complexity index is 1380. The number of benzene rings is 2. The number of rotatable bonds is 5. The number of hydrogen-bond donors (Lipinski definition) is 1. The van der Waals surface area contributed by atoms with Crippen LogP contribution in [0.4, 0.5) is 0 Å². The number of methoxy groups -OCH3 is 2. The number of hydrogen-bond acceptors (Lipinski definition) is 7. The van der Waals surface area contributed by atoms with Gasteiger partial charge in [0.2, 0.25) is 0 Å². The number of carbonyl (C=O) groups excluding carboxylic acids is 1. The molecule has 0 spiro atoms. The summed E-state index contributed by atoms with van der Waals surface area (Å²) in [5.74, 6) is -0.577. The molecule has 4 aromatic rings. The first-order valence-electron chi connectivity index (χ1n) is 9.97. The van der Waals surface area contributed by atoms with Crippen LogP contribution in [0.15, 0.2) is 53.2 Å². The third-order valence-electron chi connectivity index (χ3n) is 5.55. The second-order valence-corrected chi connectivity index (χ2v) is 9.19. The summed E-state index contributed by atoms with van der Waals surface area (Å²) in [5.41, 5.74) is 3.58. The SMILES string of the molecule is COC(=O)c1cc2c(cc1-c1cc(OC)c(-c3cccs3)cc1C(=O)O)OCc1ccsc1-2. The highest BCUT2D eigenvalue weighted by atomic mass is 32.1. The molecule has 0 bridgehead atoms. The van der Waals surface area contributed by atoms with Gasteiger partial charge in [0, 0.05) is 37.6 Å². The third-order valence-corrected chi connectivity index (χ3v) is 7.44. The lowest BCUT2D eigenvalue weighted by atomic mass is 9.90. The number of esters is 1. The Morgan fingerprint density at radius 1 is 0.939 bits per heavy atom. The van der Waals surface area contributed by atoms with Gasteiger partial charge in [0.05, 0.1) is 25.3 Å². The summed E-state index contributed by atoms with van der Waals surface area (Å²) in [4.78, 5) is 27.0. The van der Waals surface area contributed by atoms with E-state index < -0.39 is 11.9 Å². The van der Waals surface area contributed by atoms with E-state index >= 15 is 0 Å². The van der Waals surface area contributed by atoms with E-state index in [2.05, 4.69) is 0 Å². The maximum Gasteiger partial charge on any atom is 0.338 e. The summed E-state index contributed by atoms with van der Waals surface area (Å²) in [6.07, 6.45) is 0. The monoisotopic (exact) mass is 478 g/mol. The van der Waals surface area contributed by atoms with Crippen LogP contribution in [0.5, 0.6) is 11.5 Å². The van der Waals surface area contributed by atoms with Crippen molar-refractivity contribution in [1.82, 2.24) is 0 Å². The van der Waals surface area contributed by atoms with E-state index in [0.29, 0.717) is 34.8 Å². The lowest BCUT2D eigenvalue weighted by Crippen LogP contribution is -2.10. The Morgan fingerprint density at radius 2 is 1.73 bits per heavy atom. The molecule has 1 aliphatic heterocycles. The summed E-state index contributed by atoms with van der Waals surface area (Å²) in [6, 6.07) is 12.5. The summed E-state index contributed by atoms with van der Waals surface area (Å²) >= 11 is 3.05. The Labute approximate surface area is 197 Å². The molecule has 0 aliphatic carbocycles. The van der Waals surface area contributed by atoms with Gasteiger partial charge in [0.25, 0.3) is 0 Å². The molecular weight excluding hydrogens is 460 g/mol. The van der Waals surface area contributed by atoms with Gasteiger partial charge in [-0.15, -0.1) is 22.7 Å². The van der Waals surface area contributed by atoms with Crippen molar-refractivity contribution in [2.45, 2.75) is 6.61 Å². The van der Waals surface area contributed by atoms with Crippen molar-refractivity contribution in [3.05, 3.63) is 69.9 Å². The number of carbonyl (C=O) groups is 2. The van der Waals surface area contributed by atoms with Crippen LogP contribution in [0.2, 0.25) is 0 Å². The summed E-state index contributed by atoms with van der Waals surface area (Å²) in [7, 11) is 2.84. The molecule has 0 amide bonds. The average molecular weight is 479 g/mol. The first-order valence-corrected chi connectivity index (χ1v) is 11.7. The Kier molecular flexibility index (Phi) is 5.39. The molecular formula is C25H18O6S2. The largest absolute Gasteiger partial charge is 0.496 e. The molecule has 0 saturated carbocycles. The number of aromatic carboxylic acids is 1. The molecule has 0 saturated heterocycles. The molecule has 0 unspecified atom stereocenters. The maximum absolute atomic E-state index is 12.8. The van der Waals surface area contributed by atoms with Gasteiger partial charge in [-0.1, -0.05) is 6.07 Å². The van der Waals surface area contributed by atoms with Gasteiger partial charge in [-0.05, 0) is 47.2 Å². The predicted octanol–water partition coefficient (Wildman–Crippen LogP) is 6.20. The summed E-state index contributed by atoms with van der Waals surface area (Å²) < 4.78 is 16.6. The number of carboxylic acids is 1. The number of carboxylic acid groups (broad SMARTS) is 1. The molecule has 0 fully saturated rings. The van der Waals surface area contributed by atoms with Gasteiger partial charge >= 0.3 is 11.9 Å². The fraction of sp³-hybridized carbons (Fsp3) is 0.120. The van der Waals surface area contributed by atoms with Crippen molar-refractivity contribution >= 4 is 34.6 Å². The van der Waals surface area contributed by atoms with Crippen LogP contribution in [-0.4, -0.2) is 31.3 Å². The molecule has 2 aromatic carbocycles. The zero-order chi connectivity index (χ0) is 23.1. The predicted molar refractivity (Wildman–Crippen MR) is 128 cm³/mol. The first kappa shape index (κ1) is 21.2. The molecule has 33 heavy (non-hydrogen) atoms. The zero-order valence-corrected chi connectivity index (χ0v) is 19.3. The van der Waals surface area contributed by atoms with E-state index in [-0.39, 0.29) is 11.1 Å². The lowest BCUT2D eigenvalue weighted by molar-refractivity contribution is 0.0600. The molecule has 0 atom stereocenters. The Hall–Kier alpha value is -3.62. The van der Waals surface area contributed by atoms with E-state index in [1.165, 1.54) is 25.6 Å². The van der Waals surface area contributed by atoms with E-state index in [4.69, 9.17) is 14.2 Å². The van der Waals surface area contributed by atoms with Crippen molar-refractivity contribution in [2.75, 3.05) is 14.2 Å². The van der Waals surface area contributed by atoms with Crippen molar-refractivity contribution in [3.8, 4) is 43.5 Å². The van der Waals surface area contributed by atoms with Gasteiger partial charge in [-0.2, -0.15) is 0 Å². The normalized spacial score (nSPS) is 11.8. The summed E-state index contributed by atoms with van der Waals surface area (Å²) in [6.45, 7) is 0.412. The highest BCUT2D eigenvalue weighted by Crippen LogP contribution is 2.46. The van der Waals surface area contributed by atoms with Crippen LogP contribution < -0.4 is 9.47 Å². The van der Waals surface area contributed by atoms with E-state index in [9.17, 15) is 14.7 Å². The van der Waals surface area contributed by atoms with Crippen molar-refractivity contribution in [2.24, 2.45) is 0 Å². The maximum atomic E-state index is 12.8. The molecule has 1 aliphatic rings. The molecule has 2 aromatic heterocycles. The highest BCUT2D eigenvalue weighted by Gasteiger charge is 2.27. The molecule has 166 valence electrons. The number of ether oxygens (including phenoxy) is 3. The van der Waals surface area contributed by atoms with Crippen molar-refractivity contribution in [3.63, 3.8) is 0 Å². The van der Waals surface area contributed by atoms with Crippen LogP contribution >= 0.6 is 22.7 Å². The van der Waals surface area contributed by atoms with Crippen molar-refractivity contribution in [1.29, 1.82) is 0 Å². The first-order chi connectivity index (χ1) is 16.0. The van der Waals surface area contributed by atoms with Crippen LogP contribution in [0, 0.1) is 0 Å². The molecule has 1 N–H and O–H groups in total. The van der Waals surface area contributed by atoms with Gasteiger partial charge in [-0.3, -0.25) is 0 Å². The van der Waals surface area contributed by atoms with Crippen LogP contribution in [0.1, 0.15) is 26.3 Å².